The molecule has 1 N–H and O–H groups in total. The highest BCUT2D eigenvalue weighted by Gasteiger charge is 2.14. The standard InChI is InChI=1S/C12H23N5O/c1-6-8-13-10-14-11(16-12(15-10)18-5)17(4)9(3)7-2/h9H,6-8H2,1-5H3,(H,13,14,15,16). The lowest BCUT2D eigenvalue weighted by Crippen LogP contribution is -2.30. The maximum Gasteiger partial charge on any atom is 0.322 e. The Kier molecular flexibility index (Phi) is 5.61. The summed E-state index contributed by atoms with van der Waals surface area (Å²) < 4.78 is 5.11. The summed E-state index contributed by atoms with van der Waals surface area (Å²) in [6.45, 7) is 7.20. The Morgan fingerprint density at radius 2 is 2.00 bits per heavy atom. The third-order valence-corrected chi connectivity index (χ3v) is 2.89. The molecule has 1 aromatic rings. The van der Waals surface area contributed by atoms with Crippen LogP contribution in [0.5, 0.6) is 6.01 Å². The van der Waals surface area contributed by atoms with Gasteiger partial charge in [0.2, 0.25) is 11.9 Å². The van der Waals surface area contributed by atoms with E-state index in [0.717, 1.165) is 19.4 Å². The normalized spacial score (nSPS) is 12.1. The van der Waals surface area contributed by atoms with Crippen LogP contribution in [0.25, 0.3) is 0 Å². The molecule has 6 heteroatoms. The Labute approximate surface area is 109 Å². The lowest BCUT2D eigenvalue weighted by Gasteiger charge is -2.24. The van der Waals surface area contributed by atoms with Crippen molar-refractivity contribution in [2.24, 2.45) is 0 Å². The minimum absolute atomic E-state index is 0.341. The second kappa shape index (κ2) is 6.98. The van der Waals surface area contributed by atoms with E-state index in [1.807, 2.05) is 11.9 Å². The summed E-state index contributed by atoms with van der Waals surface area (Å²) in [6.07, 6.45) is 2.05. The molecule has 1 aromatic heterocycles. The highest BCUT2D eigenvalue weighted by atomic mass is 16.5. The summed E-state index contributed by atoms with van der Waals surface area (Å²) >= 11 is 0. The predicted molar refractivity (Wildman–Crippen MR) is 73.3 cm³/mol. The molecule has 102 valence electrons. The molecule has 0 spiro atoms. The third-order valence-electron chi connectivity index (χ3n) is 2.89. The van der Waals surface area contributed by atoms with Crippen LogP contribution in [0.15, 0.2) is 0 Å². The lowest BCUT2D eigenvalue weighted by atomic mass is 10.2. The molecular weight excluding hydrogens is 230 g/mol. The number of nitrogens with zero attached hydrogens (tertiary/aromatic N) is 4. The maximum absolute atomic E-state index is 5.11. The Balaban J connectivity index is 2.95. The van der Waals surface area contributed by atoms with Crippen molar-refractivity contribution < 1.29 is 4.74 Å². The van der Waals surface area contributed by atoms with Crippen LogP contribution in [-0.4, -0.2) is 41.7 Å². The highest BCUT2D eigenvalue weighted by Crippen LogP contribution is 2.16. The Bertz CT molecular complexity index is 371. The van der Waals surface area contributed by atoms with Crippen molar-refractivity contribution in [3.05, 3.63) is 0 Å². The Morgan fingerprint density at radius 3 is 2.56 bits per heavy atom. The highest BCUT2D eigenvalue weighted by molar-refractivity contribution is 5.38. The molecule has 1 heterocycles. The van der Waals surface area contributed by atoms with Crippen molar-refractivity contribution in [3.8, 4) is 6.01 Å². The van der Waals surface area contributed by atoms with Crippen molar-refractivity contribution in [2.75, 3.05) is 30.9 Å². The number of anilines is 2. The second-order valence-electron chi connectivity index (χ2n) is 4.24. The van der Waals surface area contributed by atoms with Gasteiger partial charge in [0.25, 0.3) is 0 Å². The predicted octanol–water partition coefficient (Wildman–Crippen LogP) is 1.94. The summed E-state index contributed by atoms with van der Waals surface area (Å²) in [7, 11) is 3.54. The molecule has 0 aliphatic rings. The number of hydrogen-bond acceptors (Lipinski definition) is 6. The number of aromatic nitrogens is 3. The van der Waals surface area contributed by atoms with Crippen molar-refractivity contribution in [2.45, 2.75) is 39.7 Å². The molecule has 0 saturated heterocycles. The fraction of sp³-hybridized carbons (Fsp3) is 0.750. The summed E-state index contributed by atoms with van der Waals surface area (Å²) in [5.74, 6) is 1.20. The molecule has 0 amide bonds. The first kappa shape index (κ1) is 14.5. The zero-order valence-corrected chi connectivity index (χ0v) is 11.9. The summed E-state index contributed by atoms with van der Waals surface area (Å²) in [4.78, 5) is 14.9. The van der Waals surface area contributed by atoms with Gasteiger partial charge >= 0.3 is 6.01 Å². The first-order valence-corrected chi connectivity index (χ1v) is 6.39. The van der Waals surface area contributed by atoms with E-state index in [4.69, 9.17) is 4.74 Å². The maximum atomic E-state index is 5.11. The Morgan fingerprint density at radius 1 is 1.28 bits per heavy atom. The van der Waals surface area contributed by atoms with E-state index in [9.17, 15) is 0 Å². The van der Waals surface area contributed by atoms with Gasteiger partial charge in [0.1, 0.15) is 0 Å². The SMILES string of the molecule is CCCNc1nc(OC)nc(N(C)C(C)CC)n1. The minimum atomic E-state index is 0.341. The van der Waals surface area contributed by atoms with Crippen LogP contribution in [-0.2, 0) is 0 Å². The molecule has 0 fully saturated rings. The summed E-state index contributed by atoms with van der Waals surface area (Å²) in [5, 5.41) is 3.15. The van der Waals surface area contributed by atoms with Gasteiger partial charge in [0.15, 0.2) is 0 Å². The molecule has 0 bridgehead atoms. The molecule has 1 atom stereocenters. The lowest BCUT2D eigenvalue weighted by molar-refractivity contribution is 0.378. The smallest absolute Gasteiger partial charge is 0.322 e. The van der Waals surface area contributed by atoms with E-state index in [-0.39, 0.29) is 0 Å². The van der Waals surface area contributed by atoms with Gasteiger partial charge < -0.3 is 15.0 Å². The number of methoxy groups -OCH3 is 1. The molecule has 0 saturated carbocycles. The number of hydrogen-bond donors (Lipinski definition) is 1. The minimum Gasteiger partial charge on any atom is -0.467 e. The van der Waals surface area contributed by atoms with E-state index < -0.39 is 0 Å². The van der Waals surface area contributed by atoms with E-state index in [1.54, 1.807) is 7.11 Å². The van der Waals surface area contributed by atoms with Crippen molar-refractivity contribution in [3.63, 3.8) is 0 Å². The van der Waals surface area contributed by atoms with E-state index in [1.165, 1.54) is 0 Å². The fourth-order valence-electron chi connectivity index (χ4n) is 1.38. The van der Waals surface area contributed by atoms with Crippen molar-refractivity contribution in [1.29, 1.82) is 0 Å². The zero-order valence-electron chi connectivity index (χ0n) is 11.9. The number of rotatable bonds is 7. The van der Waals surface area contributed by atoms with E-state index >= 15 is 0 Å². The topological polar surface area (TPSA) is 63.2 Å². The number of nitrogens with one attached hydrogen (secondary N) is 1. The molecule has 0 aromatic carbocycles. The molecule has 0 radical (unpaired) electrons. The van der Waals surface area contributed by atoms with Crippen LogP contribution in [0.4, 0.5) is 11.9 Å². The largest absolute Gasteiger partial charge is 0.467 e. The van der Waals surface area contributed by atoms with Crippen molar-refractivity contribution in [1.82, 2.24) is 15.0 Å². The monoisotopic (exact) mass is 253 g/mol. The zero-order chi connectivity index (χ0) is 13.5. The van der Waals surface area contributed by atoms with Crippen LogP contribution in [0, 0.1) is 0 Å². The molecule has 18 heavy (non-hydrogen) atoms. The molecule has 0 aliphatic heterocycles. The van der Waals surface area contributed by atoms with Gasteiger partial charge in [-0.15, -0.1) is 0 Å². The molecule has 6 nitrogen and oxygen atoms in total. The fourth-order valence-corrected chi connectivity index (χ4v) is 1.38. The quantitative estimate of drug-likeness (QED) is 0.801. The first-order chi connectivity index (χ1) is 8.62. The van der Waals surface area contributed by atoms with Crippen LogP contribution in [0.2, 0.25) is 0 Å². The van der Waals surface area contributed by atoms with Gasteiger partial charge in [0.05, 0.1) is 7.11 Å². The van der Waals surface area contributed by atoms with Crippen LogP contribution in [0.1, 0.15) is 33.6 Å². The van der Waals surface area contributed by atoms with Crippen LogP contribution in [0.3, 0.4) is 0 Å². The molecular formula is C12H23N5O. The summed E-state index contributed by atoms with van der Waals surface area (Å²) in [6, 6.07) is 0.713. The average molecular weight is 253 g/mol. The van der Waals surface area contributed by atoms with Crippen LogP contribution < -0.4 is 15.0 Å². The van der Waals surface area contributed by atoms with Crippen LogP contribution >= 0.6 is 0 Å². The Hall–Kier alpha value is -1.59. The van der Waals surface area contributed by atoms with Crippen molar-refractivity contribution >= 4 is 11.9 Å². The first-order valence-electron chi connectivity index (χ1n) is 6.39. The van der Waals surface area contributed by atoms with Gasteiger partial charge in [-0.05, 0) is 19.8 Å². The van der Waals surface area contributed by atoms with Gasteiger partial charge in [-0.3, -0.25) is 0 Å². The molecule has 0 aliphatic carbocycles. The summed E-state index contributed by atoms with van der Waals surface area (Å²) in [5.41, 5.74) is 0. The van der Waals surface area contributed by atoms with E-state index in [0.29, 0.717) is 23.9 Å². The third kappa shape index (κ3) is 3.72. The molecule has 1 unspecified atom stereocenters. The molecule has 1 rings (SSSR count). The second-order valence-corrected chi connectivity index (χ2v) is 4.24. The van der Waals surface area contributed by atoms with Gasteiger partial charge in [-0.1, -0.05) is 13.8 Å². The van der Waals surface area contributed by atoms with Gasteiger partial charge in [-0.2, -0.15) is 15.0 Å². The van der Waals surface area contributed by atoms with Gasteiger partial charge in [0, 0.05) is 19.6 Å². The van der Waals surface area contributed by atoms with Gasteiger partial charge in [-0.25, -0.2) is 0 Å². The van der Waals surface area contributed by atoms with E-state index in [2.05, 4.69) is 41.0 Å². The average Bonchev–Trinajstić information content (AvgIpc) is 2.42. The number of ether oxygens (including phenoxy) is 1.